The molecule has 122 valence electrons. The zero-order chi connectivity index (χ0) is 15.6. The van der Waals surface area contributed by atoms with Gasteiger partial charge in [0, 0.05) is 18.0 Å². The van der Waals surface area contributed by atoms with Crippen LogP contribution in [0.3, 0.4) is 0 Å². The quantitative estimate of drug-likeness (QED) is 0.902. The van der Waals surface area contributed by atoms with E-state index in [1.165, 1.54) is 17.7 Å². The lowest BCUT2D eigenvalue weighted by molar-refractivity contribution is -0.126. The van der Waals surface area contributed by atoms with E-state index < -0.39 is 0 Å². The molecule has 1 fully saturated rings. The minimum atomic E-state index is -0.0725. The van der Waals surface area contributed by atoms with Gasteiger partial charge >= 0.3 is 0 Å². The van der Waals surface area contributed by atoms with Crippen molar-refractivity contribution < 1.29 is 4.79 Å². The van der Waals surface area contributed by atoms with E-state index in [1.807, 2.05) is 22.2 Å². The number of rotatable bonds is 5. The fourth-order valence-electron chi connectivity index (χ4n) is 3.11. The Labute approximate surface area is 139 Å². The van der Waals surface area contributed by atoms with Crippen LogP contribution in [-0.4, -0.2) is 38.7 Å². The highest BCUT2D eigenvalue weighted by Crippen LogP contribution is 2.31. The molecule has 1 saturated carbocycles. The summed E-state index contributed by atoms with van der Waals surface area (Å²) in [6.07, 6.45) is 4.23. The highest BCUT2D eigenvalue weighted by atomic mass is 32.1. The van der Waals surface area contributed by atoms with Crippen LogP contribution in [0.2, 0.25) is 0 Å². The summed E-state index contributed by atoms with van der Waals surface area (Å²) in [5.74, 6) is 1.82. The zero-order valence-electron chi connectivity index (χ0n) is 13.0. The second-order valence-electron chi connectivity index (χ2n) is 6.49. The van der Waals surface area contributed by atoms with Crippen molar-refractivity contribution in [1.29, 1.82) is 0 Å². The second kappa shape index (κ2) is 6.41. The van der Waals surface area contributed by atoms with Crippen LogP contribution in [0.5, 0.6) is 0 Å². The molecular weight excluding hydrogens is 310 g/mol. The van der Waals surface area contributed by atoms with Gasteiger partial charge in [-0.25, -0.2) is 9.67 Å². The van der Waals surface area contributed by atoms with E-state index in [0.717, 1.165) is 31.4 Å². The lowest BCUT2D eigenvalue weighted by Gasteiger charge is -2.23. The first-order valence-electron chi connectivity index (χ1n) is 8.17. The van der Waals surface area contributed by atoms with Crippen molar-refractivity contribution in [3.63, 3.8) is 0 Å². The maximum Gasteiger partial charge on any atom is 0.226 e. The number of carbonyl (C=O) groups is 1. The molecule has 4 rings (SSSR count). The largest absolute Gasteiger partial charge is 0.351 e. The predicted molar refractivity (Wildman–Crippen MR) is 87.7 cm³/mol. The highest BCUT2D eigenvalue weighted by molar-refractivity contribution is 7.09. The Morgan fingerprint density at radius 3 is 3.09 bits per heavy atom. The van der Waals surface area contributed by atoms with Gasteiger partial charge in [-0.2, -0.15) is 5.10 Å². The fraction of sp³-hybridized carbons (Fsp3) is 0.562. The standard InChI is InChI=1S/C16H21N5OS/c22-16(17-6-14-2-1-5-23-14)13-8-20(7-12-3-4-12)10-15-18-11-19-21(15)9-13/h1-2,5,11-13H,3-4,6-10H2,(H,17,22). The van der Waals surface area contributed by atoms with Crippen LogP contribution < -0.4 is 5.32 Å². The SMILES string of the molecule is O=C(NCc1cccs1)C1CN(CC2CC2)Cc2ncnn2C1. The number of nitrogens with one attached hydrogen (secondary N) is 1. The molecule has 6 nitrogen and oxygen atoms in total. The fourth-order valence-corrected chi connectivity index (χ4v) is 3.75. The topological polar surface area (TPSA) is 63.1 Å². The van der Waals surface area contributed by atoms with E-state index in [0.29, 0.717) is 13.1 Å². The lowest BCUT2D eigenvalue weighted by atomic mass is 10.1. The Balaban J connectivity index is 1.44. The van der Waals surface area contributed by atoms with Crippen LogP contribution in [0, 0.1) is 11.8 Å². The number of thiophene rings is 1. The van der Waals surface area contributed by atoms with Gasteiger partial charge < -0.3 is 5.32 Å². The molecule has 0 bridgehead atoms. The van der Waals surface area contributed by atoms with Gasteiger partial charge in [0.15, 0.2) is 0 Å². The molecule has 1 N–H and O–H groups in total. The normalized spacial score (nSPS) is 21.7. The third-order valence-electron chi connectivity index (χ3n) is 4.53. The highest BCUT2D eigenvalue weighted by Gasteiger charge is 2.31. The summed E-state index contributed by atoms with van der Waals surface area (Å²) in [6, 6.07) is 4.06. The zero-order valence-corrected chi connectivity index (χ0v) is 13.8. The molecule has 1 atom stereocenters. The minimum Gasteiger partial charge on any atom is -0.351 e. The van der Waals surface area contributed by atoms with Gasteiger partial charge in [-0.15, -0.1) is 11.3 Å². The average molecular weight is 331 g/mol. The molecule has 7 heteroatoms. The Morgan fingerprint density at radius 2 is 2.30 bits per heavy atom. The van der Waals surface area contributed by atoms with E-state index >= 15 is 0 Å². The van der Waals surface area contributed by atoms with Gasteiger partial charge in [-0.05, 0) is 30.2 Å². The maximum absolute atomic E-state index is 12.6. The van der Waals surface area contributed by atoms with Gasteiger partial charge in [-0.3, -0.25) is 9.69 Å². The summed E-state index contributed by atoms with van der Waals surface area (Å²) in [5, 5.41) is 9.40. The Morgan fingerprint density at radius 1 is 1.39 bits per heavy atom. The van der Waals surface area contributed by atoms with Crippen molar-refractivity contribution in [3.05, 3.63) is 34.5 Å². The van der Waals surface area contributed by atoms with Crippen LogP contribution in [0.15, 0.2) is 23.8 Å². The Bertz CT molecular complexity index is 664. The van der Waals surface area contributed by atoms with Gasteiger partial charge in [0.25, 0.3) is 0 Å². The monoisotopic (exact) mass is 331 g/mol. The van der Waals surface area contributed by atoms with Crippen molar-refractivity contribution >= 4 is 17.2 Å². The molecule has 1 unspecified atom stereocenters. The van der Waals surface area contributed by atoms with Crippen LogP contribution >= 0.6 is 11.3 Å². The first kappa shape index (κ1) is 14.8. The van der Waals surface area contributed by atoms with Crippen LogP contribution in [0.1, 0.15) is 23.5 Å². The molecule has 1 aliphatic carbocycles. The minimum absolute atomic E-state index is 0.0725. The van der Waals surface area contributed by atoms with E-state index in [1.54, 1.807) is 17.7 Å². The van der Waals surface area contributed by atoms with Gasteiger partial charge in [0.2, 0.25) is 5.91 Å². The Hall–Kier alpha value is -1.73. The molecule has 3 heterocycles. The first-order valence-corrected chi connectivity index (χ1v) is 9.05. The predicted octanol–water partition coefficient (Wildman–Crippen LogP) is 1.50. The lowest BCUT2D eigenvalue weighted by Crippen LogP contribution is -2.39. The summed E-state index contributed by atoms with van der Waals surface area (Å²) in [5.41, 5.74) is 0. The molecule has 2 aromatic rings. The summed E-state index contributed by atoms with van der Waals surface area (Å²) >= 11 is 1.67. The molecule has 2 aliphatic rings. The second-order valence-corrected chi connectivity index (χ2v) is 7.52. The number of aromatic nitrogens is 3. The van der Waals surface area contributed by atoms with E-state index in [2.05, 4.69) is 20.3 Å². The maximum atomic E-state index is 12.6. The molecule has 1 aliphatic heterocycles. The van der Waals surface area contributed by atoms with Gasteiger partial charge in [0.1, 0.15) is 12.2 Å². The summed E-state index contributed by atoms with van der Waals surface area (Å²) < 4.78 is 1.89. The molecule has 2 aromatic heterocycles. The van der Waals surface area contributed by atoms with Crippen molar-refractivity contribution in [2.75, 3.05) is 13.1 Å². The molecule has 0 spiro atoms. The van der Waals surface area contributed by atoms with Crippen molar-refractivity contribution in [2.24, 2.45) is 11.8 Å². The third kappa shape index (κ3) is 3.61. The van der Waals surface area contributed by atoms with Crippen molar-refractivity contribution in [1.82, 2.24) is 25.0 Å². The molecule has 0 aromatic carbocycles. The number of hydrogen-bond donors (Lipinski definition) is 1. The van der Waals surface area contributed by atoms with Gasteiger partial charge in [0.05, 0.1) is 25.6 Å². The van der Waals surface area contributed by atoms with E-state index in [4.69, 9.17) is 0 Å². The van der Waals surface area contributed by atoms with E-state index in [9.17, 15) is 4.79 Å². The number of amides is 1. The molecule has 23 heavy (non-hydrogen) atoms. The summed E-state index contributed by atoms with van der Waals surface area (Å²) in [7, 11) is 0. The molecule has 0 saturated heterocycles. The molecule has 1 amide bonds. The molecular formula is C16H21N5OS. The van der Waals surface area contributed by atoms with Crippen molar-refractivity contribution in [2.45, 2.75) is 32.5 Å². The van der Waals surface area contributed by atoms with E-state index in [-0.39, 0.29) is 11.8 Å². The number of fused-ring (bicyclic) bond motifs is 1. The number of hydrogen-bond acceptors (Lipinski definition) is 5. The molecule has 0 radical (unpaired) electrons. The van der Waals surface area contributed by atoms with Crippen LogP contribution in [0.25, 0.3) is 0 Å². The van der Waals surface area contributed by atoms with Crippen LogP contribution in [0.4, 0.5) is 0 Å². The van der Waals surface area contributed by atoms with Crippen LogP contribution in [-0.2, 0) is 24.4 Å². The summed E-state index contributed by atoms with van der Waals surface area (Å²) in [6.45, 7) is 3.89. The first-order chi connectivity index (χ1) is 11.3. The van der Waals surface area contributed by atoms with Gasteiger partial charge in [-0.1, -0.05) is 6.07 Å². The summed E-state index contributed by atoms with van der Waals surface area (Å²) in [4.78, 5) is 20.5. The Kier molecular flexibility index (Phi) is 4.13. The smallest absolute Gasteiger partial charge is 0.226 e. The number of carbonyl (C=O) groups excluding carboxylic acids is 1. The number of nitrogens with zero attached hydrogens (tertiary/aromatic N) is 4. The average Bonchev–Trinajstić information content (AvgIpc) is 3.07. The third-order valence-corrected chi connectivity index (χ3v) is 5.41. The van der Waals surface area contributed by atoms with Crippen molar-refractivity contribution in [3.8, 4) is 0 Å².